The fraction of sp³-hybridized carbons (Fsp3) is 0.435. The first-order valence-corrected chi connectivity index (χ1v) is 11.2. The molecule has 2 N–H and O–H groups in total. The minimum atomic E-state index is -5.08. The van der Waals surface area contributed by atoms with Crippen molar-refractivity contribution < 1.29 is 33.0 Å². The van der Waals surface area contributed by atoms with E-state index in [2.05, 4.69) is 11.8 Å². The SMILES string of the molecule is CCN(Cc1ccc(Cl)cc1)Cc1cc(=O)c(O)c2n1CCN(C(C)C)C2=O.O=C(O)C(F)(F)F. The molecule has 0 saturated carbocycles. The third-order valence-corrected chi connectivity index (χ3v) is 5.67. The van der Waals surface area contributed by atoms with Crippen LogP contribution in [0, 0.1) is 0 Å². The van der Waals surface area contributed by atoms with Gasteiger partial charge in [0.05, 0.1) is 0 Å². The number of rotatable bonds is 6. The number of carbonyl (C=O) groups excluding carboxylic acids is 1. The lowest BCUT2D eigenvalue weighted by atomic mass is 10.1. The second-order valence-corrected chi connectivity index (χ2v) is 8.61. The zero-order chi connectivity index (χ0) is 26.5. The Balaban J connectivity index is 0.000000540. The van der Waals surface area contributed by atoms with Crippen LogP contribution in [0.1, 0.15) is 42.5 Å². The van der Waals surface area contributed by atoms with Crippen LogP contribution in [-0.2, 0) is 24.4 Å². The van der Waals surface area contributed by atoms with Crippen molar-refractivity contribution in [2.75, 3.05) is 13.1 Å². The summed E-state index contributed by atoms with van der Waals surface area (Å²) in [6, 6.07) is 9.13. The summed E-state index contributed by atoms with van der Waals surface area (Å²) in [6.45, 7) is 9.01. The van der Waals surface area contributed by atoms with Gasteiger partial charge in [-0.05, 0) is 38.1 Å². The fourth-order valence-electron chi connectivity index (χ4n) is 3.58. The van der Waals surface area contributed by atoms with E-state index < -0.39 is 23.3 Å². The summed E-state index contributed by atoms with van der Waals surface area (Å²) in [4.78, 5) is 37.9. The first-order chi connectivity index (χ1) is 16.3. The monoisotopic (exact) mass is 517 g/mol. The van der Waals surface area contributed by atoms with E-state index in [1.807, 2.05) is 38.1 Å². The van der Waals surface area contributed by atoms with Crippen LogP contribution in [0.2, 0.25) is 5.02 Å². The van der Waals surface area contributed by atoms with Gasteiger partial charge in [-0.25, -0.2) is 4.79 Å². The second kappa shape index (κ2) is 11.6. The molecule has 0 unspecified atom stereocenters. The lowest BCUT2D eigenvalue weighted by molar-refractivity contribution is -0.192. The van der Waals surface area contributed by atoms with E-state index in [4.69, 9.17) is 21.5 Å². The number of pyridine rings is 1. The summed E-state index contributed by atoms with van der Waals surface area (Å²) in [5, 5.41) is 18.1. The highest BCUT2D eigenvalue weighted by molar-refractivity contribution is 6.30. The molecule has 0 bridgehead atoms. The van der Waals surface area contributed by atoms with Gasteiger partial charge >= 0.3 is 12.1 Å². The second-order valence-electron chi connectivity index (χ2n) is 8.17. The molecule has 0 fully saturated rings. The van der Waals surface area contributed by atoms with Crippen molar-refractivity contribution in [1.29, 1.82) is 0 Å². The molecule has 1 aromatic carbocycles. The number of amides is 1. The Morgan fingerprint density at radius 3 is 2.20 bits per heavy atom. The molecule has 1 aromatic heterocycles. The van der Waals surface area contributed by atoms with Crippen LogP contribution in [0.3, 0.4) is 0 Å². The van der Waals surface area contributed by atoms with Gasteiger partial charge < -0.3 is 19.7 Å². The molecule has 192 valence electrons. The molecule has 2 aromatic rings. The number of fused-ring (bicyclic) bond motifs is 1. The van der Waals surface area contributed by atoms with Crippen LogP contribution in [0.5, 0.6) is 5.75 Å². The highest BCUT2D eigenvalue weighted by Crippen LogP contribution is 2.24. The summed E-state index contributed by atoms with van der Waals surface area (Å²) in [5.74, 6) is -3.51. The molecular weight excluding hydrogens is 491 g/mol. The number of alkyl halides is 3. The maximum Gasteiger partial charge on any atom is 0.490 e. The third kappa shape index (κ3) is 7.22. The van der Waals surface area contributed by atoms with Crippen LogP contribution < -0.4 is 5.43 Å². The van der Waals surface area contributed by atoms with Gasteiger partial charge in [0.15, 0.2) is 11.4 Å². The summed E-state index contributed by atoms with van der Waals surface area (Å²) in [6.07, 6.45) is -5.08. The fourth-order valence-corrected chi connectivity index (χ4v) is 3.71. The van der Waals surface area contributed by atoms with E-state index in [0.717, 1.165) is 17.8 Å². The van der Waals surface area contributed by atoms with Crippen LogP contribution >= 0.6 is 11.6 Å². The maximum atomic E-state index is 12.8. The molecule has 0 atom stereocenters. The molecule has 3 rings (SSSR count). The normalized spacial score (nSPS) is 13.5. The van der Waals surface area contributed by atoms with Crippen molar-refractivity contribution in [3.05, 3.63) is 62.5 Å². The van der Waals surface area contributed by atoms with Gasteiger partial charge in [0.2, 0.25) is 5.43 Å². The van der Waals surface area contributed by atoms with Crippen LogP contribution in [0.25, 0.3) is 0 Å². The van der Waals surface area contributed by atoms with Gasteiger partial charge in [-0.1, -0.05) is 30.7 Å². The van der Waals surface area contributed by atoms with Crippen LogP contribution in [-0.4, -0.2) is 61.8 Å². The molecule has 1 aliphatic rings. The summed E-state index contributed by atoms with van der Waals surface area (Å²) in [5.41, 5.74) is 1.45. The minimum absolute atomic E-state index is 0.0106. The molecule has 0 aliphatic carbocycles. The predicted octanol–water partition coefficient (Wildman–Crippen LogP) is 3.73. The van der Waals surface area contributed by atoms with Crippen molar-refractivity contribution in [3.63, 3.8) is 0 Å². The number of hydrogen-bond acceptors (Lipinski definition) is 5. The van der Waals surface area contributed by atoms with E-state index in [1.165, 1.54) is 6.07 Å². The Labute approximate surface area is 205 Å². The van der Waals surface area contributed by atoms with Crippen LogP contribution in [0.15, 0.2) is 35.1 Å². The molecule has 8 nitrogen and oxygen atoms in total. The summed E-state index contributed by atoms with van der Waals surface area (Å²) >= 11 is 5.96. The number of aromatic nitrogens is 1. The molecule has 35 heavy (non-hydrogen) atoms. The topological polar surface area (TPSA) is 103 Å². The zero-order valence-corrected chi connectivity index (χ0v) is 20.2. The average Bonchev–Trinajstić information content (AvgIpc) is 2.77. The highest BCUT2D eigenvalue weighted by Gasteiger charge is 2.38. The summed E-state index contributed by atoms with van der Waals surface area (Å²) < 4.78 is 33.5. The third-order valence-electron chi connectivity index (χ3n) is 5.42. The van der Waals surface area contributed by atoms with E-state index in [1.54, 1.807) is 9.47 Å². The number of halogens is 4. The zero-order valence-electron chi connectivity index (χ0n) is 19.5. The average molecular weight is 518 g/mol. The molecule has 0 saturated heterocycles. The lowest BCUT2D eigenvalue weighted by Gasteiger charge is -2.35. The van der Waals surface area contributed by atoms with E-state index in [-0.39, 0.29) is 17.6 Å². The number of carboxylic acid groups (broad SMARTS) is 1. The number of benzene rings is 1. The number of carboxylic acids is 1. The van der Waals surface area contributed by atoms with Gasteiger partial charge in [0, 0.05) is 49.0 Å². The van der Waals surface area contributed by atoms with E-state index in [9.17, 15) is 27.9 Å². The van der Waals surface area contributed by atoms with Gasteiger partial charge in [-0.3, -0.25) is 14.5 Å². The van der Waals surface area contributed by atoms with Crippen molar-refractivity contribution in [2.24, 2.45) is 0 Å². The highest BCUT2D eigenvalue weighted by atomic mass is 35.5. The number of carbonyl (C=O) groups is 2. The maximum absolute atomic E-state index is 12.8. The first-order valence-electron chi connectivity index (χ1n) is 10.8. The number of aromatic hydroxyl groups is 1. The number of nitrogens with zero attached hydrogens (tertiary/aromatic N) is 3. The largest absolute Gasteiger partial charge is 0.503 e. The lowest BCUT2D eigenvalue weighted by Crippen LogP contribution is -2.46. The number of hydrogen-bond donors (Lipinski definition) is 2. The van der Waals surface area contributed by atoms with E-state index in [0.29, 0.717) is 31.2 Å². The molecule has 1 amide bonds. The Kier molecular flexibility index (Phi) is 9.33. The summed E-state index contributed by atoms with van der Waals surface area (Å²) in [7, 11) is 0. The van der Waals surface area contributed by atoms with Crippen molar-refractivity contribution in [2.45, 2.75) is 52.6 Å². The Morgan fingerprint density at radius 2 is 1.71 bits per heavy atom. The Bertz CT molecular complexity index is 1120. The molecule has 1 aliphatic heterocycles. The van der Waals surface area contributed by atoms with Crippen molar-refractivity contribution >= 4 is 23.5 Å². The van der Waals surface area contributed by atoms with Crippen molar-refractivity contribution in [1.82, 2.24) is 14.4 Å². The van der Waals surface area contributed by atoms with E-state index >= 15 is 0 Å². The van der Waals surface area contributed by atoms with Crippen LogP contribution in [0.4, 0.5) is 13.2 Å². The molecule has 0 radical (unpaired) electrons. The molecule has 0 spiro atoms. The smallest absolute Gasteiger partial charge is 0.490 e. The Morgan fingerprint density at radius 1 is 1.14 bits per heavy atom. The Hall–Kier alpha value is -3.05. The predicted molar refractivity (Wildman–Crippen MR) is 123 cm³/mol. The molecular formula is C23H27ClF3N3O5. The molecule has 12 heteroatoms. The first kappa shape index (κ1) is 28.2. The minimum Gasteiger partial charge on any atom is -0.503 e. The quantitative estimate of drug-likeness (QED) is 0.605. The standard InChI is InChI=1S/C21H26ClN3O3.C2HF3O2/c1-4-23(12-15-5-7-16(22)8-6-15)13-17-11-18(26)20(27)19-21(28)24(14(2)3)9-10-25(17)19;3-2(4,5)1(6)7/h5-8,11,14,27H,4,9-10,12-13H2,1-3H3;(H,6,7). The van der Waals surface area contributed by atoms with Gasteiger partial charge in [-0.15, -0.1) is 0 Å². The molecule has 2 heterocycles. The van der Waals surface area contributed by atoms with Gasteiger partial charge in [-0.2, -0.15) is 13.2 Å². The van der Waals surface area contributed by atoms with Gasteiger partial charge in [0.25, 0.3) is 5.91 Å². The van der Waals surface area contributed by atoms with Crippen molar-refractivity contribution in [3.8, 4) is 5.75 Å². The number of aliphatic carboxylic acids is 1. The van der Waals surface area contributed by atoms with Gasteiger partial charge in [0.1, 0.15) is 0 Å².